The van der Waals surface area contributed by atoms with Gasteiger partial charge in [0.25, 0.3) is 5.56 Å². The van der Waals surface area contributed by atoms with Gasteiger partial charge in [-0.1, -0.05) is 11.6 Å². The molecule has 2 unspecified atom stereocenters. The first-order chi connectivity index (χ1) is 12.6. The number of hydrogen-bond donors (Lipinski definition) is 0. The summed E-state index contributed by atoms with van der Waals surface area (Å²) >= 11 is 6.29. The second-order valence-electron chi connectivity index (χ2n) is 7.46. The minimum atomic E-state index is -0.245. The molecule has 3 saturated heterocycles. The number of nitrogens with zero attached hydrogens (tertiary/aromatic N) is 6. The van der Waals surface area contributed by atoms with Gasteiger partial charge in [0.05, 0.1) is 24.0 Å². The van der Waals surface area contributed by atoms with Gasteiger partial charge in [0, 0.05) is 31.4 Å². The van der Waals surface area contributed by atoms with E-state index >= 15 is 0 Å². The van der Waals surface area contributed by atoms with Gasteiger partial charge in [0.1, 0.15) is 17.2 Å². The maximum absolute atomic E-state index is 12.1. The lowest BCUT2D eigenvalue weighted by Crippen LogP contribution is -2.69. The molecule has 4 aliphatic rings. The minimum Gasteiger partial charge on any atom is -0.365 e. The van der Waals surface area contributed by atoms with Gasteiger partial charge in [-0.05, 0) is 32.1 Å². The third-order valence-corrected chi connectivity index (χ3v) is 6.30. The molecule has 3 fully saturated rings. The van der Waals surface area contributed by atoms with Crippen LogP contribution in [0.4, 0.5) is 11.5 Å². The summed E-state index contributed by atoms with van der Waals surface area (Å²) in [6.07, 6.45) is 9.16. The maximum atomic E-state index is 12.1. The molecule has 1 aliphatic carbocycles. The Labute approximate surface area is 156 Å². The number of piperazine rings is 1. The molecule has 2 aromatic rings. The Morgan fingerprint density at radius 1 is 1.15 bits per heavy atom. The van der Waals surface area contributed by atoms with Crippen LogP contribution in [0.25, 0.3) is 0 Å². The second kappa shape index (κ2) is 5.94. The molecule has 0 radical (unpaired) electrons. The molecule has 2 aromatic heterocycles. The average Bonchev–Trinajstić information content (AvgIpc) is 2.66. The molecule has 0 saturated carbocycles. The summed E-state index contributed by atoms with van der Waals surface area (Å²) in [6.45, 7) is 1.67. The predicted octanol–water partition coefficient (Wildman–Crippen LogP) is 1.57. The van der Waals surface area contributed by atoms with Crippen molar-refractivity contribution in [2.45, 2.75) is 44.2 Å². The molecule has 3 aliphatic heterocycles. The Bertz CT molecular complexity index is 916. The topological polar surface area (TPSA) is 67.2 Å². The summed E-state index contributed by atoms with van der Waals surface area (Å²) in [7, 11) is 1.62. The summed E-state index contributed by atoms with van der Waals surface area (Å²) in [5, 5.41) is 4.39. The van der Waals surface area contributed by atoms with Gasteiger partial charge in [-0.2, -0.15) is 5.10 Å². The highest BCUT2D eigenvalue weighted by Crippen LogP contribution is 2.41. The van der Waals surface area contributed by atoms with Crippen LogP contribution in [0.15, 0.2) is 17.3 Å². The van der Waals surface area contributed by atoms with Crippen LogP contribution in [0.3, 0.4) is 0 Å². The standard InChI is InChI=1S/C18H21ClN6O/c1-23-18(26)16(19)15(7-22-23)24-8-11-6-12(9-24)25(11)17-13-4-2-3-5-14(13)20-10-21-17/h7,10-12H,2-6,8-9H2,1H3. The quantitative estimate of drug-likeness (QED) is 0.797. The molecule has 5 heterocycles. The first kappa shape index (κ1) is 16.1. The lowest BCUT2D eigenvalue weighted by atomic mass is 9.85. The van der Waals surface area contributed by atoms with Crippen molar-refractivity contribution >= 4 is 23.1 Å². The van der Waals surface area contributed by atoms with E-state index in [1.807, 2.05) is 0 Å². The molecule has 0 aromatic carbocycles. The highest BCUT2D eigenvalue weighted by Gasteiger charge is 2.46. The summed E-state index contributed by atoms with van der Waals surface area (Å²) in [6, 6.07) is 0.796. The van der Waals surface area contributed by atoms with Crippen molar-refractivity contribution in [1.29, 1.82) is 0 Å². The zero-order chi connectivity index (χ0) is 17.8. The van der Waals surface area contributed by atoms with E-state index in [-0.39, 0.29) is 10.6 Å². The van der Waals surface area contributed by atoms with E-state index in [2.05, 4.69) is 24.9 Å². The van der Waals surface area contributed by atoms with Gasteiger partial charge in [-0.15, -0.1) is 0 Å². The lowest BCUT2D eigenvalue weighted by Gasteiger charge is -2.58. The van der Waals surface area contributed by atoms with Crippen LogP contribution < -0.4 is 15.4 Å². The predicted molar refractivity (Wildman–Crippen MR) is 100 cm³/mol. The number of fused-ring (bicyclic) bond motifs is 3. The third-order valence-electron chi connectivity index (χ3n) is 5.94. The van der Waals surface area contributed by atoms with Crippen LogP contribution in [0.5, 0.6) is 0 Å². The molecule has 0 amide bonds. The van der Waals surface area contributed by atoms with Crippen LogP contribution in [0, 0.1) is 0 Å². The molecule has 2 atom stereocenters. The first-order valence-corrected chi connectivity index (χ1v) is 9.59. The van der Waals surface area contributed by atoms with E-state index in [4.69, 9.17) is 11.6 Å². The summed E-state index contributed by atoms with van der Waals surface area (Å²) in [4.78, 5) is 25.9. The second-order valence-corrected chi connectivity index (χ2v) is 7.84. The monoisotopic (exact) mass is 372 g/mol. The fourth-order valence-electron chi connectivity index (χ4n) is 4.60. The van der Waals surface area contributed by atoms with Crippen molar-refractivity contribution in [3.8, 4) is 0 Å². The van der Waals surface area contributed by atoms with Gasteiger partial charge < -0.3 is 9.80 Å². The highest BCUT2D eigenvalue weighted by molar-refractivity contribution is 6.33. The fourth-order valence-corrected chi connectivity index (χ4v) is 4.89. The smallest absolute Gasteiger partial charge is 0.287 e. The van der Waals surface area contributed by atoms with E-state index in [0.29, 0.717) is 12.1 Å². The van der Waals surface area contributed by atoms with E-state index < -0.39 is 0 Å². The van der Waals surface area contributed by atoms with Crippen molar-refractivity contribution < 1.29 is 0 Å². The van der Waals surface area contributed by atoms with Crippen LogP contribution in [-0.2, 0) is 19.9 Å². The Kier molecular flexibility index (Phi) is 3.67. The van der Waals surface area contributed by atoms with Crippen molar-refractivity contribution in [2.24, 2.45) is 7.05 Å². The Morgan fingerprint density at radius 3 is 2.73 bits per heavy atom. The normalized spacial score (nSPS) is 24.2. The molecule has 0 spiro atoms. The summed E-state index contributed by atoms with van der Waals surface area (Å²) < 4.78 is 1.27. The van der Waals surface area contributed by atoms with Gasteiger partial charge >= 0.3 is 0 Å². The zero-order valence-corrected chi connectivity index (χ0v) is 15.5. The van der Waals surface area contributed by atoms with Crippen LogP contribution in [0.1, 0.15) is 30.5 Å². The van der Waals surface area contributed by atoms with E-state index in [1.54, 1.807) is 19.6 Å². The molecular formula is C18H21ClN6O. The molecule has 0 N–H and O–H groups in total. The molecule has 136 valence electrons. The Hall–Kier alpha value is -2.15. The Balaban J connectivity index is 1.42. The van der Waals surface area contributed by atoms with Crippen molar-refractivity contribution in [3.05, 3.63) is 39.2 Å². The van der Waals surface area contributed by atoms with Crippen molar-refractivity contribution in [3.63, 3.8) is 0 Å². The van der Waals surface area contributed by atoms with Crippen LogP contribution >= 0.6 is 11.6 Å². The number of halogens is 1. The SMILES string of the molecule is Cn1ncc(N2CC3CC(C2)N3c2ncnc3c2CCCC3)c(Cl)c1=O. The molecule has 26 heavy (non-hydrogen) atoms. The largest absolute Gasteiger partial charge is 0.365 e. The van der Waals surface area contributed by atoms with E-state index in [9.17, 15) is 4.79 Å². The molecule has 2 bridgehead atoms. The number of piperidine rings is 1. The number of rotatable bonds is 2. The Morgan fingerprint density at radius 2 is 1.92 bits per heavy atom. The number of anilines is 2. The summed E-state index contributed by atoms with van der Waals surface area (Å²) in [5.74, 6) is 1.13. The lowest BCUT2D eigenvalue weighted by molar-refractivity contribution is 0.287. The van der Waals surface area contributed by atoms with Crippen molar-refractivity contribution in [2.75, 3.05) is 22.9 Å². The maximum Gasteiger partial charge on any atom is 0.287 e. The highest BCUT2D eigenvalue weighted by atomic mass is 35.5. The molecular weight excluding hydrogens is 352 g/mol. The van der Waals surface area contributed by atoms with E-state index in [0.717, 1.165) is 43.9 Å². The van der Waals surface area contributed by atoms with Crippen LogP contribution in [-0.4, -0.2) is 44.9 Å². The molecule has 7 nitrogen and oxygen atoms in total. The molecule has 8 heteroatoms. The number of aryl methyl sites for hydroxylation is 2. The van der Waals surface area contributed by atoms with Gasteiger partial charge in [0.2, 0.25) is 0 Å². The third kappa shape index (κ3) is 2.33. The number of aromatic nitrogens is 4. The minimum absolute atomic E-state index is 0.245. The first-order valence-electron chi connectivity index (χ1n) is 9.21. The van der Waals surface area contributed by atoms with Gasteiger partial charge in [-0.25, -0.2) is 14.6 Å². The van der Waals surface area contributed by atoms with E-state index in [1.165, 1.54) is 28.8 Å². The average molecular weight is 373 g/mol. The molecule has 6 rings (SSSR count). The zero-order valence-electron chi connectivity index (χ0n) is 14.7. The van der Waals surface area contributed by atoms with Gasteiger partial charge in [-0.3, -0.25) is 4.79 Å². The van der Waals surface area contributed by atoms with Gasteiger partial charge in [0.15, 0.2) is 0 Å². The van der Waals surface area contributed by atoms with Crippen LogP contribution in [0.2, 0.25) is 5.02 Å². The fraction of sp³-hybridized carbons (Fsp3) is 0.556. The van der Waals surface area contributed by atoms with Crippen molar-refractivity contribution in [1.82, 2.24) is 19.7 Å². The summed E-state index contributed by atoms with van der Waals surface area (Å²) in [5.41, 5.74) is 3.07. The number of hydrogen-bond acceptors (Lipinski definition) is 6.